The van der Waals surface area contributed by atoms with Crippen LogP contribution in [0.15, 0.2) is 6.20 Å². The van der Waals surface area contributed by atoms with Gasteiger partial charge in [-0.25, -0.2) is 8.78 Å². The van der Waals surface area contributed by atoms with Gasteiger partial charge in [-0.2, -0.15) is 0 Å². The maximum atomic E-state index is 12.7. The molecule has 1 rings (SSSR count). The van der Waals surface area contributed by atoms with E-state index in [0.717, 1.165) is 16.9 Å². The molecule has 96 valence electrons. The molecule has 0 aromatic carbocycles. The van der Waals surface area contributed by atoms with E-state index in [-0.39, 0.29) is 6.42 Å². The van der Waals surface area contributed by atoms with Gasteiger partial charge < -0.3 is 10.1 Å². The molecule has 1 atom stereocenters. The van der Waals surface area contributed by atoms with Crippen LogP contribution in [-0.4, -0.2) is 31.6 Å². The van der Waals surface area contributed by atoms with Gasteiger partial charge in [0.05, 0.1) is 13.2 Å². The third kappa shape index (κ3) is 3.12. The van der Waals surface area contributed by atoms with Crippen LogP contribution in [0.2, 0.25) is 0 Å². The summed E-state index contributed by atoms with van der Waals surface area (Å²) in [6.45, 7) is 3.72. The van der Waals surface area contributed by atoms with Gasteiger partial charge in [-0.05, 0) is 20.9 Å². The first-order valence-electron chi connectivity index (χ1n) is 5.45. The number of likely N-dealkylation sites (N-methyl/N-ethyl adjacent to an activating group) is 1. The first kappa shape index (κ1) is 13.8. The quantitative estimate of drug-likeness (QED) is 0.861. The Morgan fingerprint density at radius 2 is 2.06 bits per heavy atom. The van der Waals surface area contributed by atoms with Crippen LogP contribution in [0.3, 0.4) is 0 Å². The van der Waals surface area contributed by atoms with Crippen molar-refractivity contribution in [1.82, 2.24) is 10.3 Å². The highest BCUT2D eigenvalue weighted by molar-refractivity contribution is 5.41. The van der Waals surface area contributed by atoms with Crippen LogP contribution >= 0.6 is 0 Å². The molecule has 3 nitrogen and oxygen atoms in total. The van der Waals surface area contributed by atoms with E-state index >= 15 is 0 Å². The Balaban J connectivity index is 2.99. The highest BCUT2D eigenvalue weighted by Gasteiger charge is 2.21. The summed E-state index contributed by atoms with van der Waals surface area (Å²) in [6, 6.07) is -0.881. The summed E-state index contributed by atoms with van der Waals surface area (Å²) in [7, 11) is 3.10. The van der Waals surface area contributed by atoms with Crippen LogP contribution in [-0.2, 0) is 6.42 Å². The number of methoxy groups -OCH3 is 1. The summed E-state index contributed by atoms with van der Waals surface area (Å²) in [6.07, 6.45) is -0.566. The number of nitrogens with zero attached hydrogens (tertiary/aromatic N) is 1. The lowest BCUT2D eigenvalue weighted by molar-refractivity contribution is 0.101. The van der Waals surface area contributed by atoms with Crippen LogP contribution < -0.4 is 10.1 Å². The normalized spacial score (nSPS) is 12.9. The number of aryl methyl sites for hydroxylation is 1. The number of hydrogen-bond donors (Lipinski definition) is 1. The van der Waals surface area contributed by atoms with Gasteiger partial charge in [-0.15, -0.1) is 0 Å². The maximum absolute atomic E-state index is 12.7. The van der Waals surface area contributed by atoms with E-state index < -0.39 is 12.5 Å². The van der Waals surface area contributed by atoms with Crippen molar-refractivity contribution in [3.8, 4) is 5.75 Å². The molecular formula is C12H18F2N2O. The molecule has 1 unspecified atom stereocenters. The van der Waals surface area contributed by atoms with E-state index in [1.165, 1.54) is 7.05 Å². The molecule has 0 aliphatic heterocycles. The van der Waals surface area contributed by atoms with Crippen molar-refractivity contribution in [3.05, 3.63) is 23.0 Å². The minimum Gasteiger partial charge on any atom is -0.496 e. The van der Waals surface area contributed by atoms with Crippen LogP contribution in [0.5, 0.6) is 5.75 Å². The van der Waals surface area contributed by atoms with E-state index in [0.29, 0.717) is 5.69 Å². The first-order chi connectivity index (χ1) is 8.01. The summed E-state index contributed by atoms with van der Waals surface area (Å²) in [5.41, 5.74) is 2.38. The second-order valence-electron chi connectivity index (χ2n) is 3.98. The molecule has 0 spiro atoms. The van der Waals surface area contributed by atoms with E-state index in [9.17, 15) is 8.78 Å². The van der Waals surface area contributed by atoms with Crippen LogP contribution in [0.1, 0.15) is 16.8 Å². The molecule has 0 aliphatic rings. The van der Waals surface area contributed by atoms with Gasteiger partial charge in [0.1, 0.15) is 5.75 Å². The standard InChI is InChI=1S/C12H18F2N2O/c1-7-6-16-9(8(2)11(7)17-4)5-10(15-3)12(13)14/h6,10,12,15H,5H2,1-4H3. The third-order valence-corrected chi connectivity index (χ3v) is 2.84. The van der Waals surface area contributed by atoms with Crippen molar-refractivity contribution in [1.29, 1.82) is 0 Å². The van der Waals surface area contributed by atoms with Gasteiger partial charge >= 0.3 is 0 Å². The maximum Gasteiger partial charge on any atom is 0.254 e. The van der Waals surface area contributed by atoms with E-state index in [1.54, 1.807) is 13.3 Å². The van der Waals surface area contributed by atoms with Gasteiger partial charge in [-0.1, -0.05) is 0 Å². The molecule has 1 aromatic rings. The van der Waals surface area contributed by atoms with E-state index in [1.807, 2.05) is 13.8 Å². The number of pyridine rings is 1. The van der Waals surface area contributed by atoms with Gasteiger partial charge in [0.2, 0.25) is 0 Å². The highest BCUT2D eigenvalue weighted by Crippen LogP contribution is 2.25. The molecule has 0 amide bonds. The molecule has 0 saturated heterocycles. The number of aromatic nitrogens is 1. The molecule has 0 saturated carbocycles. The molecule has 1 heterocycles. The summed E-state index contributed by atoms with van der Waals surface area (Å²) < 4.78 is 30.6. The van der Waals surface area contributed by atoms with Gasteiger partial charge in [0.15, 0.2) is 0 Å². The Kier molecular flexibility index (Phi) is 4.81. The number of ether oxygens (including phenoxy) is 1. The average Bonchev–Trinajstić information content (AvgIpc) is 2.28. The van der Waals surface area contributed by atoms with Crippen LogP contribution in [0.25, 0.3) is 0 Å². The minimum atomic E-state index is -2.41. The Hall–Kier alpha value is -1.23. The first-order valence-corrected chi connectivity index (χ1v) is 5.45. The smallest absolute Gasteiger partial charge is 0.254 e. The number of halogens is 2. The van der Waals surface area contributed by atoms with Crippen molar-refractivity contribution in [3.63, 3.8) is 0 Å². The van der Waals surface area contributed by atoms with Crippen molar-refractivity contribution >= 4 is 0 Å². The fourth-order valence-corrected chi connectivity index (χ4v) is 1.80. The summed E-state index contributed by atoms with van der Waals surface area (Å²) in [4.78, 5) is 4.20. The van der Waals surface area contributed by atoms with Gasteiger partial charge in [-0.3, -0.25) is 4.98 Å². The van der Waals surface area contributed by atoms with Crippen LogP contribution in [0, 0.1) is 13.8 Å². The predicted molar refractivity (Wildman–Crippen MR) is 62.8 cm³/mol. The van der Waals surface area contributed by atoms with Gasteiger partial charge in [0.25, 0.3) is 6.43 Å². The number of nitrogens with one attached hydrogen (secondary N) is 1. The van der Waals surface area contributed by atoms with Gasteiger partial charge in [0, 0.05) is 29.4 Å². The SMILES string of the molecule is CNC(Cc1ncc(C)c(OC)c1C)C(F)F. The second kappa shape index (κ2) is 5.91. The fraction of sp³-hybridized carbons (Fsp3) is 0.583. The zero-order valence-electron chi connectivity index (χ0n) is 10.6. The summed E-state index contributed by atoms with van der Waals surface area (Å²) in [5.74, 6) is 0.721. The number of hydrogen-bond acceptors (Lipinski definition) is 3. The fourth-order valence-electron chi connectivity index (χ4n) is 1.80. The third-order valence-electron chi connectivity index (χ3n) is 2.84. The monoisotopic (exact) mass is 244 g/mol. The predicted octanol–water partition coefficient (Wildman–Crippen LogP) is 2.10. The van der Waals surface area contributed by atoms with E-state index in [2.05, 4.69) is 10.3 Å². The van der Waals surface area contributed by atoms with Crippen molar-refractivity contribution in [2.75, 3.05) is 14.2 Å². The molecule has 0 bridgehead atoms. The van der Waals surface area contributed by atoms with Crippen molar-refractivity contribution in [2.45, 2.75) is 32.7 Å². The zero-order valence-corrected chi connectivity index (χ0v) is 10.6. The number of alkyl halides is 2. The second-order valence-corrected chi connectivity index (χ2v) is 3.98. The lowest BCUT2D eigenvalue weighted by Gasteiger charge is -2.17. The lowest BCUT2D eigenvalue weighted by Crippen LogP contribution is -2.35. The molecule has 0 radical (unpaired) electrons. The molecule has 0 aliphatic carbocycles. The topological polar surface area (TPSA) is 34.2 Å². The lowest BCUT2D eigenvalue weighted by atomic mass is 10.0. The van der Waals surface area contributed by atoms with E-state index in [4.69, 9.17) is 4.74 Å². The Labute approximate surface area is 100 Å². The van der Waals surface area contributed by atoms with Crippen molar-refractivity contribution in [2.24, 2.45) is 0 Å². The summed E-state index contributed by atoms with van der Waals surface area (Å²) >= 11 is 0. The Morgan fingerprint density at radius 1 is 1.41 bits per heavy atom. The van der Waals surface area contributed by atoms with Crippen molar-refractivity contribution < 1.29 is 13.5 Å². The zero-order chi connectivity index (χ0) is 13.0. The average molecular weight is 244 g/mol. The Bertz CT molecular complexity index is 383. The molecule has 17 heavy (non-hydrogen) atoms. The Morgan fingerprint density at radius 3 is 2.53 bits per heavy atom. The molecule has 1 aromatic heterocycles. The molecular weight excluding hydrogens is 226 g/mol. The molecule has 5 heteroatoms. The molecule has 1 N–H and O–H groups in total. The molecule has 0 fully saturated rings. The largest absolute Gasteiger partial charge is 0.496 e. The number of rotatable bonds is 5. The highest BCUT2D eigenvalue weighted by atomic mass is 19.3. The summed E-state index contributed by atoms with van der Waals surface area (Å²) in [5, 5.41) is 2.60. The minimum absolute atomic E-state index is 0.191. The van der Waals surface area contributed by atoms with Crippen LogP contribution in [0.4, 0.5) is 8.78 Å².